The molecule has 0 saturated carbocycles. The van der Waals surface area contributed by atoms with Gasteiger partial charge in [0.2, 0.25) is 11.8 Å². The lowest BCUT2D eigenvalue weighted by Crippen LogP contribution is -2.59. The summed E-state index contributed by atoms with van der Waals surface area (Å²) in [6.45, 7) is 9.21. The van der Waals surface area contributed by atoms with Crippen molar-refractivity contribution in [3.05, 3.63) is 0 Å². The predicted octanol–water partition coefficient (Wildman–Crippen LogP) is -0.591. The number of hydrogen-bond donors (Lipinski definition) is 2. The van der Waals surface area contributed by atoms with Crippen molar-refractivity contribution in [1.29, 1.82) is 0 Å². The quantitative estimate of drug-likeness (QED) is 0.613. The van der Waals surface area contributed by atoms with Gasteiger partial charge in [-0.2, -0.15) is 0 Å². The zero-order valence-corrected chi connectivity index (χ0v) is 14.2. The SMILES string of the molecule is COCCCNC(=O)C(C)N1CCN(C(=O)C(C)(C)N)CC1. The van der Waals surface area contributed by atoms with E-state index in [-0.39, 0.29) is 17.9 Å². The molecule has 1 aliphatic heterocycles. The molecule has 1 fully saturated rings. The maximum absolute atomic E-state index is 12.1. The molecule has 0 bridgehead atoms. The van der Waals surface area contributed by atoms with E-state index in [0.29, 0.717) is 39.3 Å². The Morgan fingerprint density at radius 1 is 1.27 bits per heavy atom. The van der Waals surface area contributed by atoms with Crippen molar-refractivity contribution in [3.8, 4) is 0 Å². The predicted molar refractivity (Wildman–Crippen MR) is 85.4 cm³/mol. The average molecular weight is 314 g/mol. The minimum Gasteiger partial charge on any atom is -0.385 e. The summed E-state index contributed by atoms with van der Waals surface area (Å²) in [6, 6.07) is -0.189. The third-order valence-electron chi connectivity index (χ3n) is 3.90. The molecule has 22 heavy (non-hydrogen) atoms. The standard InChI is InChI=1S/C15H30N4O3/c1-12(13(20)17-6-5-11-22-4)18-7-9-19(10-8-18)14(21)15(2,3)16/h12H,5-11,16H2,1-4H3,(H,17,20). The fraction of sp³-hybridized carbons (Fsp3) is 0.867. The Balaban J connectivity index is 2.37. The highest BCUT2D eigenvalue weighted by molar-refractivity contribution is 5.85. The van der Waals surface area contributed by atoms with Crippen molar-refractivity contribution >= 4 is 11.8 Å². The molecule has 0 aromatic carbocycles. The second-order valence-electron chi connectivity index (χ2n) is 6.36. The van der Waals surface area contributed by atoms with Crippen LogP contribution in [0, 0.1) is 0 Å². The first-order valence-electron chi connectivity index (χ1n) is 7.86. The number of nitrogens with one attached hydrogen (secondary N) is 1. The number of carbonyl (C=O) groups is 2. The molecule has 1 unspecified atom stereocenters. The van der Waals surface area contributed by atoms with Crippen LogP contribution >= 0.6 is 0 Å². The smallest absolute Gasteiger partial charge is 0.242 e. The van der Waals surface area contributed by atoms with E-state index in [9.17, 15) is 9.59 Å². The average Bonchev–Trinajstić information content (AvgIpc) is 2.49. The lowest BCUT2D eigenvalue weighted by Gasteiger charge is -2.39. The molecule has 1 saturated heterocycles. The molecule has 7 nitrogen and oxygen atoms in total. The Labute approximate surface area is 133 Å². The molecule has 0 radical (unpaired) electrons. The van der Waals surface area contributed by atoms with E-state index < -0.39 is 5.54 Å². The van der Waals surface area contributed by atoms with Gasteiger partial charge in [-0.25, -0.2) is 0 Å². The van der Waals surface area contributed by atoms with Crippen molar-refractivity contribution < 1.29 is 14.3 Å². The van der Waals surface area contributed by atoms with Crippen LogP contribution in [0.25, 0.3) is 0 Å². The second-order valence-corrected chi connectivity index (χ2v) is 6.36. The van der Waals surface area contributed by atoms with Gasteiger partial charge < -0.3 is 20.7 Å². The molecule has 128 valence electrons. The minimum absolute atomic E-state index is 0.0232. The fourth-order valence-electron chi connectivity index (χ4n) is 2.46. The molecule has 1 aliphatic rings. The van der Waals surface area contributed by atoms with E-state index in [2.05, 4.69) is 10.2 Å². The molecule has 2 amide bonds. The summed E-state index contributed by atoms with van der Waals surface area (Å²) in [5, 5.41) is 2.91. The normalized spacial score (nSPS) is 18.1. The molecular formula is C15H30N4O3. The van der Waals surface area contributed by atoms with Gasteiger partial charge in [0, 0.05) is 46.4 Å². The Kier molecular flexibility index (Phi) is 7.25. The second kappa shape index (κ2) is 8.45. The molecule has 0 aromatic heterocycles. The van der Waals surface area contributed by atoms with Crippen LogP contribution in [0.15, 0.2) is 0 Å². The molecule has 1 rings (SSSR count). The highest BCUT2D eigenvalue weighted by atomic mass is 16.5. The summed E-state index contributed by atoms with van der Waals surface area (Å²) in [7, 11) is 1.65. The van der Waals surface area contributed by atoms with Crippen molar-refractivity contribution in [3.63, 3.8) is 0 Å². The Morgan fingerprint density at radius 2 is 1.86 bits per heavy atom. The monoisotopic (exact) mass is 314 g/mol. The van der Waals surface area contributed by atoms with Crippen LogP contribution in [-0.2, 0) is 14.3 Å². The van der Waals surface area contributed by atoms with Gasteiger partial charge in [0.05, 0.1) is 11.6 Å². The maximum Gasteiger partial charge on any atom is 0.242 e. The molecule has 0 aliphatic carbocycles. The maximum atomic E-state index is 12.1. The van der Waals surface area contributed by atoms with Gasteiger partial charge >= 0.3 is 0 Å². The largest absolute Gasteiger partial charge is 0.385 e. The zero-order valence-electron chi connectivity index (χ0n) is 14.2. The van der Waals surface area contributed by atoms with E-state index in [1.807, 2.05) is 6.92 Å². The number of hydrogen-bond acceptors (Lipinski definition) is 5. The summed E-state index contributed by atoms with van der Waals surface area (Å²) in [6.07, 6.45) is 0.808. The van der Waals surface area contributed by atoms with Gasteiger partial charge in [0.1, 0.15) is 0 Å². The third kappa shape index (κ3) is 5.55. The van der Waals surface area contributed by atoms with Gasteiger partial charge in [-0.15, -0.1) is 0 Å². The molecule has 1 heterocycles. The van der Waals surface area contributed by atoms with Crippen LogP contribution in [-0.4, -0.2) is 79.6 Å². The first-order valence-corrected chi connectivity index (χ1v) is 7.86. The van der Waals surface area contributed by atoms with Crippen molar-refractivity contribution in [2.24, 2.45) is 5.73 Å². The first-order chi connectivity index (χ1) is 10.3. The Hall–Kier alpha value is -1.18. The first kappa shape index (κ1) is 18.9. The third-order valence-corrected chi connectivity index (χ3v) is 3.90. The van der Waals surface area contributed by atoms with Gasteiger partial charge in [-0.05, 0) is 27.2 Å². The van der Waals surface area contributed by atoms with Crippen LogP contribution in [0.1, 0.15) is 27.2 Å². The van der Waals surface area contributed by atoms with Crippen LogP contribution < -0.4 is 11.1 Å². The molecule has 0 aromatic rings. The van der Waals surface area contributed by atoms with Crippen molar-refractivity contribution in [2.75, 3.05) is 46.4 Å². The van der Waals surface area contributed by atoms with E-state index in [0.717, 1.165) is 6.42 Å². The summed E-state index contributed by atoms with van der Waals surface area (Å²) in [5.74, 6) is -0.0149. The number of carbonyl (C=O) groups excluding carboxylic acids is 2. The van der Waals surface area contributed by atoms with Gasteiger partial charge in [-0.1, -0.05) is 0 Å². The minimum atomic E-state index is -0.841. The molecule has 0 spiro atoms. The summed E-state index contributed by atoms with van der Waals surface area (Å²) in [4.78, 5) is 28.1. The van der Waals surface area contributed by atoms with Crippen LogP contribution in [0.5, 0.6) is 0 Å². The number of rotatable bonds is 7. The molecule has 3 N–H and O–H groups in total. The zero-order chi connectivity index (χ0) is 16.8. The van der Waals surface area contributed by atoms with Crippen molar-refractivity contribution in [2.45, 2.75) is 38.8 Å². The van der Waals surface area contributed by atoms with E-state index in [4.69, 9.17) is 10.5 Å². The van der Waals surface area contributed by atoms with Crippen LogP contribution in [0.3, 0.4) is 0 Å². The number of nitrogens with zero attached hydrogens (tertiary/aromatic N) is 2. The van der Waals surface area contributed by atoms with Gasteiger partial charge in [-0.3, -0.25) is 14.5 Å². The summed E-state index contributed by atoms with van der Waals surface area (Å²) in [5.41, 5.74) is 5.01. The number of methoxy groups -OCH3 is 1. The molecule has 1 atom stereocenters. The lowest BCUT2D eigenvalue weighted by atomic mass is 10.0. The Bertz CT molecular complexity index is 373. The van der Waals surface area contributed by atoms with E-state index in [1.165, 1.54) is 0 Å². The number of amides is 2. The van der Waals surface area contributed by atoms with Crippen molar-refractivity contribution in [1.82, 2.24) is 15.1 Å². The highest BCUT2D eigenvalue weighted by Gasteiger charge is 2.32. The number of nitrogens with two attached hydrogens (primary N) is 1. The Morgan fingerprint density at radius 3 is 2.36 bits per heavy atom. The van der Waals surface area contributed by atoms with E-state index >= 15 is 0 Å². The lowest BCUT2D eigenvalue weighted by molar-refractivity contribution is -0.138. The molecular weight excluding hydrogens is 284 g/mol. The number of piperazine rings is 1. The van der Waals surface area contributed by atoms with E-state index in [1.54, 1.807) is 25.9 Å². The van der Waals surface area contributed by atoms with Gasteiger partial charge in [0.25, 0.3) is 0 Å². The number of ether oxygens (including phenoxy) is 1. The molecule has 7 heteroatoms. The van der Waals surface area contributed by atoms with Crippen LogP contribution in [0.2, 0.25) is 0 Å². The highest BCUT2D eigenvalue weighted by Crippen LogP contribution is 2.11. The topological polar surface area (TPSA) is 87.9 Å². The summed E-state index contributed by atoms with van der Waals surface area (Å²) < 4.78 is 4.95. The van der Waals surface area contributed by atoms with Crippen LogP contribution in [0.4, 0.5) is 0 Å². The summed E-state index contributed by atoms with van der Waals surface area (Å²) >= 11 is 0. The fourth-order valence-corrected chi connectivity index (χ4v) is 2.46. The van der Waals surface area contributed by atoms with Gasteiger partial charge in [0.15, 0.2) is 0 Å².